The maximum atomic E-state index is 11.7. The molecule has 6 heteroatoms. The van der Waals surface area contributed by atoms with Crippen LogP contribution in [0.2, 0.25) is 0 Å². The number of hydrogen-bond acceptors (Lipinski definition) is 4. The number of β-amino-alcohol motifs (C(OH)–C–C–N with tert-alkyl or cyclic N) is 1. The number of carboxylic acids is 1. The summed E-state index contributed by atoms with van der Waals surface area (Å²) >= 11 is 0. The quantitative estimate of drug-likeness (QED) is 0.584. The number of carboxylic acid groups (broad SMARTS) is 1. The number of aliphatic hydroxyl groups is 1. The molecule has 0 aliphatic carbocycles. The minimum Gasteiger partial charge on any atom is -0.480 e. The molecule has 92 valence electrons. The van der Waals surface area contributed by atoms with E-state index < -0.39 is 18.1 Å². The van der Waals surface area contributed by atoms with Gasteiger partial charge >= 0.3 is 5.97 Å². The van der Waals surface area contributed by atoms with Crippen molar-refractivity contribution in [3.05, 3.63) is 0 Å². The van der Waals surface area contributed by atoms with Crippen molar-refractivity contribution >= 4 is 11.9 Å². The van der Waals surface area contributed by atoms with Crippen LogP contribution in [0.15, 0.2) is 0 Å². The molecule has 0 bridgehead atoms. The maximum absolute atomic E-state index is 11.7. The Balaban J connectivity index is 2.63. The Bertz CT molecular complexity index is 282. The zero-order valence-electron chi connectivity index (χ0n) is 9.30. The van der Waals surface area contributed by atoms with Crippen LogP contribution in [0.4, 0.5) is 0 Å². The van der Waals surface area contributed by atoms with E-state index in [1.165, 1.54) is 4.90 Å². The van der Waals surface area contributed by atoms with E-state index in [0.717, 1.165) is 0 Å². The molecule has 0 spiro atoms. The molecule has 1 heterocycles. The van der Waals surface area contributed by atoms with Gasteiger partial charge < -0.3 is 20.8 Å². The third-order valence-corrected chi connectivity index (χ3v) is 2.85. The molecule has 0 radical (unpaired) electrons. The van der Waals surface area contributed by atoms with Crippen LogP contribution >= 0.6 is 0 Å². The number of likely N-dealkylation sites (tertiary alicyclic amines) is 1. The van der Waals surface area contributed by atoms with Gasteiger partial charge in [0.2, 0.25) is 5.91 Å². The first-order chi connectivity index (χ1) is 7.45. The van der Waals surface area contributed by atoms with Crippen molar-refractivity contribution in [2.24, 2.45) is 5.73 Å². The molecule has 0 aromatic rings. The van der Waals surface area contributed by atoms with E-state index in [2.05, 4.69) is 0 Å². The molecule has 1 rings (SSSR count). The summed E-state index contributed by atoms with van der Waals surface area (Å²) in [6.07, 6.45) is 0.151. The topological polar surface area (TPSA) is 104 Å². The van der Waals surface area contributed by atoms with Crippen LogP contribution in [0.3, 0.4) is 0 Å². The van der Waals surface area contributed by atoms with Crippen molar-refractivity contribution in [2.45, 2.75) is 44.4 Å². The zero-order valence-corrected chi connectivity index (χ0v) is 9.30. The van der Waals surface area contributed by atoms with Gasteiger partial charge in [0, 0.05) is 25.4 Å². The molecule has 3 atom stereocenters. The van der Waals surface area contributed by atoms with Gasteiger partial charge in [-0.1, -0.05) is 6.92 Å². The lowest BCUT2D eigenvalue weighted by Gasteiger charge is -2.22. The number of carbonyl (C=O) groups is 2. The van der Waals surface area contributed by atoms with Crippen LogP contribution in [-0.4, -0.2) is 51.7 Å². The van der Waals surface area contributed by atoms with Crippen molar-refractivity contribution < 1.29 is 19.8 Å². The number of rotatable bonds is 4. The molecule has 1 aliphatic heterocycles. The van der Waals surface area contributed by atoms with Crippen LogP contribution in [0.1, 0.15) is 26.2 Å². The second-order valence-electron chi connectivity index (χ2n) is 4.16. The Labute approximate surface area is 94.0 Å². The van der Waals surface area contributed by atoms with Crippen LogP contribution in [0, 0.1) is 0 Å². The summed E-state index contributed by atoms with van der Waals surface area (Å²) in [5, 5.41) is 18.3. The van der Waals surface area contributed by atoms with Gasteiger partial charge in [0.15, 0.2) is 0 Å². The van der Waals surface area contributed by atoms with Crippen molar-refractivity contribution in [1.82, 2.24) is 4.90 Å². The molecule has 0 aromatic carbocycles. The van der Waals surface area contributed by atoms with Gasteiger partial charge in [0.25, 0.3) is 0 Å². The Morgan fingerprint density at radius 1 is 1.56 bits per heavy atom. The molecule has 1 unspecified atom stereocenters. The summed E-state index contributed by atoms with van der Waals surface area (Å²) in [6, 6.07) is -1.16. The van der Waals surface area contributed by atoms with Gasteiger partial charge in [-0.2, -0.15) is 0 Å². The summed E-state index contributed by atoms with van der Waals surface area (Å²) < 4.78 is 0. The first-order valence-corrected chi connectivity index (χ1v) is 5.41. The number of carbonyl (C=O) groups excluding carboxylic acids is 1. The second-order valence-corrected chi connectivity index (χ2v) is 4.16. The smallest absolute Gasteiger partial charge is 0.326 e. The molecule has 6 nitrogen and oxygen atoms in total. The van der Waals surface area contributed by atoms with E-state index in [-0.39, 0.29) is 31.3 Å². The number of hydrogen-bond donors (Lipinski definition) is 3. The number of nitrogens with two attached hydrogens (primary N) is 1. The Kier molecular flexibility index (Phi) is 4.26. The maximum Gasteiger partial charge on any atom is 0.326 e. The standard InChI is InChI=1S/C10H18N2O4/c1-2-6(11)3-9(14)12-5-7(13)4-8(12)10(15)16/h6-8,13H,2-5,11H2,1H3,(H,15,16)/t6?,7-,8-/m0/s1. The summed E-state index contributed by atoms with van der Waals surface area (Å²) in [7, 11) is 0. The predicted octanol–water partition coefficient (Wildman–Crippen LogP) is -0.840. The normalized spacial score (nSPS) is 26.8. The van der Waals surface area contributed by atoms with Crippen LogP contribution in [0.5, 0.6) is 0 Å². The van der Waals surface area contributed by atoms with E-state index in [4.69, 9.17) is 10.8 Å². The molecule has 4 N–H and O–H groups in total. The van der Waals surface area contributed by atoms with Crippen LogP contribution in [-0.2, 0) is 9.59 Å². The fourth-order valence-electron chi connectivity index (χ4n) is 1.81. The molecule has 1 fully saturated rings. The largest absolute Gasteiger partial charge is 0.480 e. The van der Waals surface area contributed by atoms with Gasteiger partial charge in [-0.25, -0.2) is 4.79 Å². The SMILES string of the molecule is CCC(N)CC(=O)N1C[C@@H](O)C[C@H]1C(=O)O. The Morgan fingerprint density at radius 3 is 2.69 bits per heavy atom. The summed E-state index contributed by atoms with van der Waals surface area (Å²) in [4.78, 5) is 23.8. The summed E-state index contributed by atoms with van der Waals surface area (Å²) in [6.45, 7) is 1.96. The highest BCUT2D eigenvalue weighted by molar-refractivity contribution is 5.84. The first-order valence-electron chi connectivity index (χ1n) is 5.41. The fraction of sp³-hybridized carbons (Fsp3) is 0.800. The van der Waals surface area contributed by atoms with E-state index in [1.54, 1.807) is 0 Å². The third kappa shape index (κ3) is 2.93. The van der Waals surface area contributed by atoms with Crippen molar-refractivity contribution in [3.63, 3.8) is 0 Å². The minimum atomic E-state index is -1.07. The highest BCUT2D eigenvalue weighted by atomic mass is 16.4. The van der Waals surface area contributed by atoms with Crippen molar-refractivity contribution in [3.8, 4) is 0 Å². The lowest BCUT2D eigenvalue weighted by molar-refractivity contribution is -0.148. The molecule has 0 saturated carbocycles. The van der Waals surface area contributed by atoms with Gasteiger partial charge in [-0.15, -0.1) is 0 Å². The molecule has 1 aliphatic rings. The molecule has 0 aromatic heterocycles. The Hall–Kier alpha value is -1.14. The Morgan fingerprint density at radius 2 is 2.19 bits per heavy atom. The third-order valence-electron chi connectivity index (χ3n) is 2.85. The number of aliphatic hydroxyl groups excluding tert-OH is 1. The van der Waals surface area contributed by atoms with Gasteiger partial charge in [-0.05, 0) is 6.42 Å². The lowest BCUT2D eigenvalue weighted by atomic mass is 10.1. The zero-order chi connectivity index (χ0) is 12.3. The van der Waals surface area contributed by atoms with Gasteiger partial charge in [0.05, 0.1) is 6.10 Å². The number of amides is 1. The van der Waals surface area contributed by atoms with Gasteiger partial charge in [-0.3, -0.25) is 4.79 Å². The van der Waals surface area contributed by atoms with E-state index in [9.17, 15) is 14.7 Å². The molecule has 16 heavy (non-hydrogen) atoms. The summed E-state index contributed by atoms with van der Waals surface area (Å²) in [5.74, 6) is -1.37. The number of nitrogens with zero attached hydrogens (tertiary/aromatic N) is 1. The van der Waals surface area contributed by atoms with Crippen molar-refractivity contribution in [2.75, 3.05) is 6.54 Å². The van der Waals surface area contributed by atoms with Crippen LogP contribution in [0.25, 0.3) is 0 Å². The molecular formula is C10H18N2O4. The minimum absolute atomic E-state index is 0.0895. The number of aliphatic carboxylic acids is 1. The highest BCUT2D eigenvalue weighted by Gasteiger charge is 2.38. The predicted molar refractivity (Wildman–Crippen MR) is 56.6 cm³/mol. The van der Waals surface area contributed by atoms with Crippen LogP contribution < -0.4 is 5.73 Å². The van der Waals surface area contributed by atoms with Gasteiger partial charge in [0.1, 0.15) is 6.04 Å². The van der Waals surface area contributed by atoms with Crippen molar-refractivity contribution in [1.29, 1.82) is 0 Å². The summed E-state index contributed by atoms with van der Waals surface area (Å²) in [5.41, 5.74) is 5.64. The highest BCUT2D eigenvalue weighted by Crippen LogP contribution is 2.19. The molecular weight excluding hydrogens is 212 g/mol. The fourth-order valence-corrected chi connectivity index (χ4v) is 1.81. The van der Waals surface area contributed by atoms with E-state index >= 15 is 0 Å². The second kappa shape index (κ2) is 5.27. The first kappa shape index (κ1) is 12.9. The molecule has 1 saturated heterocycles. The van der Waals surface area contributed by atoms with E-state index in [0.29, 0.717) is 6.42 Å². The monoisotopic (exact) mass is 230 g/mol. The molecule has 1 amide bonds. The average Bonchev–Trinajstić information content (AvgIpc) is 2.60. The lowest BCUT2D eigenvalue weighted by Crippen LogP contribution is -2.42. The van der Waals surface area contributed by atoms with E-state index in [1.807, 2.05) is 6.92 Å². The average molecular weight is 230 g/mol.